The van der Waals surface area contributed by atoms with E-state index in [1.165, 1.54) is 12.1 Å². The number of amides is 1. The number of carbonyl (C=O) groups excluding carboxylic acids is 1. The van der Waals surface area contributed by atoms with Gasteiger partial charge in [0.1, 0.15) is 5.82 Å². The van der Waals surface area contributed by atoms with E-state index in [1.54, 1.807) is 12.3 Å². The average molecular weight is 349 g/mol. The van der Waals surface area contributed by atoms with Crippen molar-refractivity contribution in [2.75, 3.05) is 0 Å². The molecule has 2 N–H and O–H groups in total. The van der Waals surface area contributed by atoms with Crippen LogP contribution < -0.4 is 10.6 Å². The third-order valence-corrected chi connectivity index (χ3v) is 4.88. The Morgan fingerprint density at radius 2 is 2.00 bits per heavy atom. The molecule has 1 aromatic heterocycles. The zero-order valence-electron chi connectivity index (χ0n) is 14.3. The van der Waals surface area contributed by atoms with Gasteiger partial charge >= 0.3 is 0 Å². The summed E-state index contributed by atoms with van der Waals surface area (Å²) < 4.78 is 13.6. The molecule has 0 aliphatic carbocycles. The van der Waals surface area contributed by atoms with Gasteiger partial charge in [-0.25, -0.2) is 4.39 Å². The molecule has 1 fully saturated rings. The summed E-state index contributed by atoms with van der Waals surface area (Å²) in [4.78, 5) is 16.4. The van der Waals surface area contributed by atoms with Crippen molar-refractivity contribution in [1.82, 2.24) is 15.6 Å². The van der Waals surface area contributed by atoms with Gasteiger partial charge in [-0.2, -0.15) is 0 Å². The van der Waals surface area contributed by atoms with Crippen LogP contribution >= 0.6 is 0 Å². The number of nitrogens with zero attached hydrogens (tertiary/aromatic N) is 1. The van der Waals surface area contributed by atoms with Crippen molar-refractivity contribution >= 4 is 16.8 Å². The van der Waals surface area contributed by atoms with E-state index in [-0.39, 0.29) is 23.8 Å². The van der Waals surface area contributed by atoms with Gasteiger partial charge in [0.25, 0.3) is 0 Å². The van der Waals surface area contributed by atoms with E-state index < -0.39 is 0 Å². The molecule has 4 rings (SSSR count). The van der Waals surface area contributed by atoms with Gasteiger partial charge < -0.3 is 10.6 Å². The molecule has 0 radical (unpaired) electrons. The van der Waals surface area contributed by atoms with Crippen LogP contribution in [-0.4, -0.2) is 16.9 Å². The Kier molecular flexibility index (Phi) is 4.63. The lowest BCUT2D eigenvalue weighted by Gasteiger charge is -2.33. The highest BCUT2D eigenvalue weighted by Crippen LogP contribution is 2.25. The molecule has 0 saturated carbocycles. The molecule has 1 aliphatic rings. The van der Waals surface area contributed by atoms with Crippen LogP contribution in [0.2, 0.25) is 0 Å². The number of hydrogen-bond acceptors (Lipinski definition) is 3. The van der Waals surface area contributed by atoms with Crippen LogP contribution in [0.4, 0.5) is 4.39 Å². The van der Waals surface area contributed by atoms with Gasteiger partial charge in [-0.05, 0) is 35.7 Å². The van der Waals surface area contributed by atoms with Crippen molar-refractivity contribution in [2.45, 2.75) is 31.5 Å². The Morgan fingerprint density at radius 1 is 1.15 bits per heavy atom. The average Bonchev–Trinajstić information content (AvgIpc) is 2.67. The third kappa shape index (κ3) is 3.44. The topological polar surface area (TPSA) is 54.0 Å². The second-order valence-corrected chi connectivity index (χ2v) is 6.62. The molecule has 0 unspecified atom stereocenters. The fourth-order valence-electron chi connectivity index (χ4n) is 3.59. The van der Waals surface area contributed by atoms with E-state index in [4.69, 9.17) is 0 Å². The van der Waals surface area contributed by atoms with Crippen LogP contribution in [0.5, 0.6) is 0 Å². The maximum absolute atomic E-state index is 13.6. The lowest BCUT2D eigenvalue weighted by Crippen LogP contribution is -2.48. The molecule has 1 aliphatic heterocycles. The van der Waals surface area contributed by atoms with E-state index in [1.807, 2.05) is 30.3 Å². The Morgan fingerprint density at radius 3 is 2.88 bits per heavy atom. The first-order valence-corrected chi connectivity index (χ1v) is 8.81. The number of hydrogen-bond donors (Lipinski definition) is 2. The first kappa shape index (κ1) is 16.7. The molecule has 1 saturated heterocycles. The number of nitrogens with one attached hydrogen (secondary N) is 2. The quantitative estimate of drug-likeness (QED) is 0.758. The predicted octanol–water partition coefficient (Wildman–Crippen LogP) is 3.48. The summed E-state index contributed by atoms with van der Waals surface area (Å²) in [7, 11) is 0. The number of rotatable bonds is 4. The monoisotopic (exact) mass is 349 g/mol. The summed E-state index contributed by atoms with van der Waals surface area (Å²) in [5, 5.41) is 7.64. The number of aromatic nitrogens is 1. The normalized spacial score (nSPS) is 20.1. The summed E-state index contributed by atoms with van der Waals surface area (Å²) in [5.74, 6) is -0.288. The van der Waals surface area contributed by atoms with Gasteiger partial charge in [-0.15, -0.1) is 0 Å². The summed E-state index contributed by atoms with van der Waals surface area (Å²) in [6.45, 7) is 0.640. The van der Waals surface area contributed by atoms with Crippen LogP contribution in [0.3, 0.4) is 0 Å². The second kappa shape index (κ2) is 7.22. The molecular weight excluding hydrogens is 329 g/mol. The van der Waals surface area contributed by atoms with Crippen LogP contribution in [-0.2, 0) is 11.3 Å². The smallest absolute Gasteiger partial charge is 0.220 e. The minimum atomic E-state index is -0.292. The zero-order valence-corrected chi connectivity index (χ0v) is 14.3. The van der Waals surface area contributed by atoms with Crippen LogP contribution in [0.1, 0.15) is 30.0 Å². The molecule has 2 aromatic carbocycles. The van der Waals surface area contributed by atoms with Gasteiger partial charge in [-0.1, -0.05) is 36.4 Å². The number of para-hydroxylation sites is 1. The van der Waals surface area contributed by atoms with E-state index in [0.717, 1.165) is 22.0 Å². The maximum Gasteiger partial charge on any atom is 0.220 e. The van der Waals surface area contributed by atoms with Crippen molar-refractivity contribution in [3.05, 3.63) is 77.7 Å². The minimum absolute atomic E-state index is 0.00383. The number of halogens is 1. The van der Waals surface area contributed by atoms with Crippen molar-refractivity contribution in [3.8, 4) is 0 Å². The van der Waals surface area contributed by atoms with Gasteiger partial charge in [0, 0.05) is 30.6 Å². The highest BCUT2D eigenvalue weighted by molar-refractivity contribution is 5.81. The van der Waals surface area contributed by atoms with E-state index >= 15 is 0 Å². The van der Waals surface area contributed by atoms with E-state index in [2.05, 4.69) is 21.7 Å². The largest absolute Gasteiger partial charge is 0.348 e. The number of pyridine rings is 1. The lowest BCUT2D eigenvalue weighted by molar-refractivity contribution is -0.123. The number of piperidine rings is 1. The number of benzene rings is 2. The second-order valence-electron chi connectivity index (χ2n) is 6.62. The fourth-order valence-corrected chi connectivity index (χ4v) is 3.59. The van der Waals surface area contributed by atoms with Gasteiger partial charge in [0.15, 0.2) is 0 Å². The summed E-state index contributed by atoms with van der Waals surface area (Å²) in [6.07, 6.45) is 2.98. The van der Waals surface area contributed by atoms with Crippen LogP contribution in [0.15, 0.2) is 60.8 Å². The summed E-state index contributed by atoms with van der Waals surface area (Å²) in [6, 6.07) is 16.3. The van der Waals surface area contributed by atoms with Crippen molar-refractivity contribution in [3.63, 3.8) is 0 Å². The van der Waals surface area contributed by atoms with Crippen molar-refractivity contribution in [2.24, 2.45) is 0 Å². The van der Waals surface area contributed by atoms with Crippen LogP contribution in [0, 0.1) is 5.82 Å². The first-order valence-electron chi connectivity index (χ1n) is 8.81. The molecule has 0 spiro atoms. The molecule has 26 heavy (non-hydrogen) atoms. The van der Waals surface area contributed by atoms with Crippen molar-refractivity contribution < 1.29 is 9.18 Å². The van der Waals surface area contributed by atoms with E-state index in [9.17, 15) is 9.18 Å². The molecule has 132 valence electrons. The lowest BCUT2D eigenvalue weighted by atomic mass is 9.91. The highest BCUT2D eigenvalue weighted by Gasteiger charge is 2.29. The van der Waals surface area contributed by atoms with Gasteiger partial charge in [-0.3, -0.25) is 9.78 Å². The van der Waals surface area contributed by atoms with Crippen LogP contribution in [0.25, 0.3) is 10.9 Å². The Bertz CT molecular complexity index is 938. The Labute approximate surface area is 151 Å². The van der Waals surface area contributed by atoms with Crippen molar-refractivity contribution in [1.29, 1.82) is 0 Å². The summed E-state index contributed by atoms with van der Waals surface area (Å²) >= 11 is 0. The molecule has 3 aromatic rings. The molecule has 5 heteroatoms. The standard InChI is InChI=1S/C21H20FN3O/c22-17-8-2-5-15(12-17)21-18(9-10-19(26)25-21)24-13-16-6-1-4-14-7-3-11-23-20(14)16/h1-8,11-12,18,21,24H,9-10,13H2,(H,25,26)/t18-,21+/m1/s1. The highest BCUT2D eigenvalue weighted by atomic mass is 19.1. The Hall–Kier alpha value is -2.79. The Balaban J connectivity index is 1.56. The fraction of sp³-hybridized carbons (Fsp3) is 0.238. The molecule has 4 nitrogen and oxygen atoms in total. The maximum atomic E-state index is 13.6. The van der Waals surface area contributed by atoms with Gasteiger partial charge in [0.05, 0.1) is 11.6 Å². The molecular formula is C21H20FN3O. The molecule has 1 amide bonds. The molecule has 2 atom stereocenters. The predicted molar refractivity (Wildman–Crippen MR) is 98.9 cm³/mol. The molecule has 2 heterocycles. The first-order chi connectivity index (χ1) is 12.7. The summed E-state index contributed by atoms with van der Waals surface area (Å²) in [5.41, 5.74) is 2.87. The molecule has 0 bridgehead atoms. The third-order valence-electron chi connectivity index (χ3n) is 4.88. The zero-order chi connectivity index (χ0) is 17.9. The number of fused-ring (bicyclic) bond motifs is 1. The SMILES string of the molecule is O=C1CC[C@@H](NCc2cccc3cccnc23)[C@H](c2cccc(F)c2)N1. The van der Waals surface area contributed by atoms with Gasteiger partial charge in [0.2, 0.25) is 5.91 Å². The van der Waals surface area contributed by atoms with E-state index in [0.29, 0.717) is 19.4 Å². The number of carbonyl (C=O) groups is 1. The minimum Gasteiger partial charge on any atom is -0.348 e.